The van der Waals surface area contributed by atoms with Crippen LogP contribution in [0.4, 0.5) is 11.6 Å². The minimum atomic E-state index is -0.319. The Kier molecular flexibility index (Phi) is 6.45. The molecule has 0 atom stereocenters. The van der Waals surface area contributed by atoms with Crippen LogP contribution in [0.3, 0.4) is 0 Å². The highest BCUT2D eigenvalue weighted by atomic mass is 35.5. The third-order valence-corrected chi connectivity index (χ3v) is 5.23. The molecule has 0 aliphatic rings. The number of amides is 1. The number of benzene rings is 1. The second-order valence-electron chi connectivity index (χ2n) is 7.03. The molecule has 11 heteroatoms. The highest BCUT2D eigenvalue weighted by Gasteiger charge is 2.13. The van der Waals surface area contributed by atoms with Gasteiger partial charge in [-0.05, 0) is 24.3 Å². The van der Waals surface area contributed by atoms with Crippen molar-refractivity contribution in [3.8, 4) is 11.5 Å². The largest absolute Gasteiger partial charge is 0.497 e. The molecule has 0 fully saturated rings. The van der Waals surface area contributed by atoms with Crippen LogP contribution in [0, 0.1) is 0 Å². The van der Waals surface area contributed by atoms with E-state index in [1.807, 2.05) is 12.1 Å². The number of halogens is 1. The first kappa shape index (κ1) is 22.2. The highest BCUT2D eigenvalue weighted by Crippen LogP contribution is 2.25. The number of carbonyl (C=O) groups is 1. The van der Waals surface area contributed by atoms with Crippen LogP contribution in [0.1, 0.15) is 5.56 Å². The van der Waals surface area contributed by atoms with Gasteiger partial charge in [-0.15, -0.1) is 0 Å². The van der Waals surface area contributed by atoms with Crippen molar-refractivity contribution in [3.63, 3.8) is 0 Å². The van der Waals surface area contributed by atoms with Crippen molar-refractivity contribution >= 4 is 40.2 Å². The summed E-state index contributed by atoms with van der Waals surface area (Å²) in [7, 11) is 3.15. The SMILES string of the molecule is COc1ccc(CNc2nc3c(ccn3CC(=O)Nc3ccncc3Cl)c(=O)[nH]2)c(OC)c1. The van der Waals surface area contributed by atoms with Crippen LogP contribution in [0.25, 0.3) is 11.0 Å². The molecule has 10 nitrogen and oxygen atoms in total. The number of nitrogens with one attached hydrogen (secondary N) is 3. The summed E-state index contributed by atoms with van der Waals surface area (Å²) in [5, 5.41) is 6.53. The van der Waals surface area contributed by atoms with Gasteiger partial charge in [-0.1, -0.05) is 11.6 Å². The van der Waals surface area contributed by atoms with Crippen molar-refractivity contribution in [2.75, 3.05) is 24.9 Å². The van der Waals surface area contributed by atoms with Crippen LogP contribution in [0.15, 0.2) is 53.7 Å². The third-order valence-electron chi connectivity index (χ3n) is 4.93. The molecule has 4 aromatic rings. The first-order valence-corrected chi connectivity index (χ1v) is 10.3. The molecule has 1 aromatic carbocycles. The maximum Gasteiger partial charge on any atom is 0.261 e. The molecule has 3 aromatic heterocycles. The van der Waals surface area contributed by atoms with Crippen LogP contribution < -0.4 is 25.7 Å². The number of fused-ring (bicyclic) bond motifs is 1. The highest BCUT2D eigenvalue weighted by molar-refractivity contribution is 6.33. The maximum atomic E-state index is 12.5. The predicted octanol–water partition coefficient (Wildman–Crippen LogP) is 3.04. The van der Waals surface area contributed by atoms with Gasteiger partial charge in [-0.2, -0.15) is 4.98 Å². The molecule has 0 spiro atoms. The number of H-pyrrole nitrogens is 1. The number of methoxy groups -OCH3 is 2. The predicted molar refractivity (Wildman–Crippen MR) is 125 cm³/mol. The zero-order chi connectivity index (χ0) is 23.4. The summed E-state index contributed by atoms with van der Waals surface area (Å²) < 4.78 is 12.2. The molecule has 3 heterocycles. The minimum Gasteiger partial charge on any atom is -0.497 e. The fraction of sp³-hybridized carbons (Fsp3) is 0.182. The van der Waals surface area contributed by atoms with E-state index in [0.717, 1.165) is 5.56 Å². The van der Waals surface area contributed by atoms with Gasteiger partial charge in [0, 0.05) is 36.8 Å². The minimum absolute atomic E-state index is 0.0512. The monoisotopic (exact) mass is 468 g/mol. The topological polar surface area (TPSA) is 123 Å². The van der Waals surface area contributed by atoms with Gasteiger partial charge in [-0.25, -0.2) is 0 Å². The second-order valence-corrected chi connectivity index (χ2v) is 7.44. The summed E-state index contributed by atoms with van der Waals surface area (Å²) in [6.45, 7) is 0.299. The number of aromatic amines is 1. The molecular formula is C22H21ClN6O4. The lowest BCUT2D eigenvalue weighted by atomic mass is 10.2. The summed E-state index contributed by atoms with van der Waals surface area (Å²) >= 11 is 6.04. The quantitative estimate of drug-likeness (QED) is 0.363. The Morgan fingerprint density at radius 2 is 2.06 bits per heavy atom. The smallest absolute Gasteiger partial charge is 0.261 e. The van der Waals surface area contributed by atoms with Crippen LogP contribution in [-0.2, 0) is 17.9 Å². The normalized spacial score (nSPS) is 10.8. The molecule has 0 aliphatic carbocycles. The fourth-order valence-corrected chi connectivity index (χ4v) is 3.45. The lowest BCUT2D eigenvalue weighted by Gasteiger charge is -2.12. The van der Waals surface area contributed by atoms with E-state index in [-0.39, 0.29) is 24.0 Å². The molecule has 0 saturated heterocycles. The maximum absolute atomic E-state index is 12.5. The molecule has 0 radical (unpaired) electrons. The first-order valence-electron chi connectivity index (χ1n) is 9.92. The summed E-state index contributed by atoms with van der Waals surface area (Å²) in [4.78, 5) is 36.1. The molecule has 0 unspecified atom stereocenters. The van der Waals surface area contributed by atoms with Crippen LogP contribution in [0.2, 0.25) is 5.02 Å². The number of rotatable bonds is 8. The number of anilines is 2. The zero-order valence-corrected chi connectivity index (χ0v) is 18.6. The van der Waals surface area contributed by atoms with Gasteiger partial charge >= 0.3 is 0 Å². The van der Waals surface area contributed by atoms with E-state index in [4.69, 9.17) is 21.1 Å². The molecule has 0 bridgehead atoms. The van der Waals surface area contributed by atoms with Crippen molar-refractivity contribution in [1.29, 1.82) is 0 Å². The second kappa shape index (κ2) is 9.61. The number of hydrogen-bond donors (Lipinski definition) is 3. The van der Waals surface area contributed by atoms with Gasteiger partial charge in [0.15, 0.2) is 0 Å². The summed E-state index contributed by atoms with van der Waals surface area (Å²) in [6.07, 6.45) is 4.61. The molecule has 33 heavy (non-hydrogen) atoms. The van der Waals surface area contributed by atoms with Gasteiger partial charge in [-0.3, -0.25) is 19.6 Å². The van der Waals surface area contributed by atoms with E-state index < -0.39 is 0 Å². The van der Waals surface area contributed by atoms with Crippen molar-refractivity contribution in [3.05, 3.63) is 69.9 Å². The van der Waals surface area contributed by atoms with Gasteiger partial charge in [0.25, 0.3) is 5.56 Å². The molecule has 0 saturated carbocycles. The standard InChI is InChI=1S/C22H21ClN6O4/c1-32-14-4-3-13(18(9-14)33-2)10-25-22-27-20-15(21(31)28-22)6-8-29(20)12-19(30)26-17-5-7-24-11-16(17)23/h3-9,11H,10,12H2,1-2H3,(H,24,26,30)(H2,25,27,28,31). The summed E-state index contributed by atoms with van der Waals surface area (Å²) in [6, 6.07) is 8.67. The number of hydrogen-bond acceptors (Lipinski definition) is 7. The molecule has 3 N–H and O–H groups in total. The summed E-state index contributed by atoms with van der Waals surface area (Å²) in [5.41, 5.74) is 1.36. The molecule has 4 rings (SSSR count). The zero-order valence-electron chi connectivity index (χ0n) is 17.9. The van der Waals surface area contributed by atoms with Crippen molar-refractivity contribution in [2.45, 2.75) is 13.1 Å². The van der Waals surface area contributed by atoms with E-state index in [9.17, 15) is 9.59 Å². The average molecular weight is 469 g/mol. The van der Waals surface area contributed by atoms with E-state index in [2.05, 4.69) is 25.6 Å². The number of aromatic nitrogens is 4. The Bertz CT molecular complexity index is 1370. The number of pyridine rings is 1. The Morgan fingerprint density at radius 3 is 2.82 bits per heavy atom. The first-order chi connectivity index (χ1) is 16.0. The van der Waals surface area contributed by atoms with E-state index in [1.165, 1.54) is 12.4 Å². The number of ether oxygens (including phenoxy) is 2. The van der Waals surface area contributed by atoms with Crippen molar-refractivity contribution in [2.24, 2.45) is 0 Å². The van der Waals surface area contributed by atoms with E-state index in [1.54, 1.807) is 43.2 Å². The lowest BCUT2D eigenvalue weighted by molar-refractivity contribution is -0.116. The number of nitrogens with zero attached hydrogens (tertiary/aromatic N) is 3. The van der Waals surface area contributed by atoms with Gasteiger partial charge in [0.1, 0.15) is 23.7 Å². The Labute approximate surface area is 193 Å². The molecule has 170 valence electrons. The van der Waals surface area contributed by atoms with Gasteiger partial charge < -0.3 is 24.7 Å². The Hall–Kier alpha value is -4.05. The van der Waals surface area contributed by atoms with Crippen LogP contribution in [0.5, 0.6) is 11.5 Å². The van der Waals surface area contributed by atoms with E-state index in [0.29, 0.717) is 39.8 Å². The van der Waals surface area contributed by atoms with Gasteiger partial charge in [0.05, 0.1) is 30.3 Å². The fourth-order valence-electron chi connectivity index (χ4n) is 3.28. The van der Waals surface area contributed by atoms with Gasteiger partial charge in [0.2, 0.25) is 11.9 Å². The average Bonchev–Trinajstić information content (AvgIpc) is 3.22. The van der Waals surface area contributed by atoms with Crippen molar-refractivity contribution in [1.82, 2.24) is 19.5 Å². The molecule has 0 aliphatic heterocycles. The van der Waals surface area contributed by atoms with E-state index >= 15 is 0 Å². The number of carbonyl (C=O) groups excluding carboxylic acids is 1. The molecular weight excluding hydrogens is 448 g/mol. The summed E-state index contributed by atoms with van der Waals surface area (Å²) in [5.74, 6) is 1.26. The molecule has 1 amide bonds. The van der Waals surface area contributed by atoms with Crippen LogP contribution >= 0.6 is 11.6 Å². The van der Waals surface area contributed by atoms with Crippen LogP contribution in [-0.4, -0.2) is 39.6 Å². The Balaban J connectivity index is 1.53. The lowest BCUT2D eigenvalue weighted by Crippen LogP contribution is -2.20. The third kappa shape index (κ3) is 4.90. The van der Waals surface area contributed by atoms with Crippen molar-refractivity contribution < 1.29 is 14.3 Å². The Morgan fingerprint density at radius 1 is 1.21 bits per heavy atom.